The molecule has 0 radical (unpaired) electrons. The molecule has 134 valence electrons. The van der Waals surface area contributed by atoms with E-state index in [9.17, 15) is 0 Å². The Kier molecular flexibility index (Phi) is 4.00. The van der Waals surface area contributed by atoms with E-state index in [2.05, 4.69) is 48.4 Å². The van der Waals surface area contributed by atoms with Crippen molar-refractivity contribution < 1.29 is 8.98 Å². The first-order chi connectivity index (χ1) is 12.9. The molecule has 0 spiro atoms. The van der Waals surface area contributed by atoms with Crippen molar-refractivity contribution in [1.29, 1.82) is 0 Å². The van der Waals surface area contributed by atoms with Gasteiger partial charge in [-0.3, -0.25) is 0 Å². The number of pyridine rings is 1. The van der Waals surface area contributed by atoms with Crippen LogP contribution in [0.15, 0.2) is 47.0 Å². The summed E-state index contributed by atoms with van der Waals surface area (Å²) in [6.45, 7) is 16.2. The second-order valence-corrected chi connectivity index (χ2v) is 7.59. The lowest BCUT2D eigenvalue weighted by Crippen LogP contribution is -2.30. The average molecular weight is 355 g/mol. The summed E-state index contributed by atoms with van der Waals surface area (Å²) in [6.07, 6.45) is 2.05. The molecule has 0 aliphatic carbocycles. The first-order valence-electron chi connectivity index (χ1n) is 9.25. The van der Waals surface area contributed by atoms with Gasteiger partial charge in [-0.05, 0) is 43.0 Å². The number of aromatic nitrogens is 1. The summed E-state index contributed by atoms with van der Waals surface area (Å²) < 4.78 is 8.53. The number of fused-ring (bicyclic) bond motifs is 3. The van der Waals surface area contributed by atoms with Crippen LogP contribution in [0.3, 0.4) is 0 Å². The van der Waals surface area contributed by atoms with Gasteiger partial charge < -0.3 is 4.42 Å². The molecule has 0 atom stereocenters. The molecule has 2 aromatic heterocycles. The Balaban J connectivity index is 2.27. The van der Waals surface area contributed by atoms with Gasteiger partial charge >= 0.3 is 0 Å². The maximum Gasteiger partial charge on any atom is 0.229 e. The summed E-state index contributed by atoms with van der Waals surface area (Å²) in [5.74, 6) is 0.363. The van der Waals surface area contributed by atoms with E-state index in [1.165, 1.54) is 11.1 Å². The largest absolute Gasteiger partial charge is 0.466 e. The van der Waals surface area contributed by atoms with Crippen molar-refractivity contribution in [2.75, 3.05) is 0 Å². The van der Waals surface area contributed by atoms with Gasteiger partial charge in [-0.2, -0.15) is 0 Å². The van der Waals surface area contributed by atoms with E-state index in [4.69, 9.17) is 11.0 Å². The third-order valence-corrected chi connectivity index (χ3v) is 5.25. The zero-order valence-electron chi connectivity index (χ0n) is 16.4. The van der Waals surface area contributed by atoms with Crippen molar-refractivity contribution in [3.63, 3.8) is 0 Å². The Bertz CT molecular complexity index is 1240. The molecule has 0 saturated carbocycles. The molecule has 0 N–H and O–H groups in total. The molecular formula is C24H23N2O+. The SMILES string of the molecule is [C-]#[N+]c1cc(C)cc2c1oc1c(-c3cccc[n+]3C)c(C)cc(C(C)C)c12. The van der Waals surface area contributed by atoms with Crippen molar-refractivity contribution >= 4 is 27.6 Å². The second-order valence-electron chi connectivity index (χ2n) is 7.59. The Morgan fingerprint density at radius 3 is 2.52 bits per heavy atom. The van der Waals surface area contributed by atoms with E-state index < -0.39 is 0 Å². The van der Waals surface area contributed by atoms with E-state index in [0.29, 0.717) is 17.2 Å². The fraction of sp³-hybridized carbons (Fsp3) is 0.250. The molecule has 0 amide bonds. The molecule has 0 fully saturated rings. The van der Waals surface area contributed by atoms with Gasteiger partial charge in [0.15, 0.2) is 6.20 Å². The van der Waals surface area contributed by atoms with E-state index in [1.807, 2.05) is 38.4 Å². The number of hydrogen-bond acceptors (Lipinski definition) is 1. The lowest BCUT2D eigenvalue weighted by Gasteiger charge is -2.12. The monoisotopic (exact) mass is 355 g/mol. The highest BCUT2D eigenvalue weighted by Gasteiger charge is 2.24. The van der Waals surface area contributed by atoms with Crippen molar-refractivity contribution in [2.24, 2.45) is 7.05 Å². The molecule has 4 aromatic rings. The highest BCUT2D eigenvalue weighted by atomic mass is 16.3. The Morgan fingerprint density at radius 2 is 1.85 bits per heavy atom. The smallest absolute Gasteiger partial charge is 0.229 e. The highest BCUT2D eigenvalue weighted by molar-refractivity contribution is 6.14. The molecule has 3 heteroatoms. The lowest BCUT2D eigenvalue weighted by atomic mass is 9.90. The van der Waals surface area contributed by atoms with Crippen molar-refractivity contribution in [3.8, 4) is 11.3 Å². The molecular weight excluding hydrogens is 332 g/mol. The predicted molar refractivity (Wildman–Crippen MR) is 110 cm³/mol. The average Bonchev–Trinajstić information content (AvgIpc) is 3.00. The van der Waals surface area contributed by atoms with Crippen LogP contribution >= 0.6 is 0 Å². The third kappa shape index (κ3) is 2.61. The van der Waals surface area contributed by atoms with E-state index in [0.717, 1.165) is 33.2 Å². The van der Waals surface area contributed by atoms with E-state index >= 15 is 0 Å². The Labute approximate surface area is 159 Å². The van der Waals surface area contributed by atoms with Crippen LogP contribution < -0.4 is 4.57 Å². The molecule has 0 bridgehead atoms. The summed E-state index contributed by atoms with van der Waals surface area (Å²) in [5, 5.41) is 2.18. The van der Waals surface area contributed by atoms with Gasteiger partial charge in [0.25, 0.3) is 0 Å². The third-order valence-electron chi connectivity index (χ3n) is 5.25. The minimum Gasteiger partial charge on any atom is -0.466 e. The fourth-order valence-corrected chi connectivity index (χ4v) is 3.98. The quantitative estimate of drug-likeness (QED) is 0.302. The Hall–Kier alpha value is -3.12. The molecule has 0 unspecified atom stereocenters. The zero-order valence-corrected chi connectivity index (χ0v) is 16.4. The summed E-state index contributed by atoms with van der Waals surface area (Å²) in [5.41, 5.74) is 7.90. The van der Waals surface area contributed by atoms with Gasteiger partial charge in [0.2, 0.25) is 11.4 Å². The molecule has 0 aliphatic heterocycles. The molecule has 2 heterocycles. The van der Waals surface area contributed by atoms with Crippen LogP contribution in [-0.2, 0) is 7.05 Å². The predicted octanol–water partition coefficient (Wildman–Crippen LogP) is 6.37. The van der Waals surface area contributed by atoms with Crippen LogP contribution in [0.2, 0.25) is 0 Å². The summed E-state index contributed by atoms with van der Waals surface area (Å²) in [6, 6.07) is 12.5. The minimum atomic E-state index is 0.363. The first kappa shape index (κ1) is 17.3. The number of hydrogen-bond donors (Lipinski definition) is 0. The number of aryl methyl sites for hydroxylation is 3. The number of furan rings is 1. The van der Waals surface area contributed by atoms with Gasteiger partial charge in [0.05, 0.1) is 12.1 Å². The highest BCUT2D eigenvalue weighted by Crippen LogP contribution is 2.44. The van der Waals surface area contributed by atoms with Gasteiger partial charge in [0, 0.05) is 22.9 Å². The van der Waals surface area contributed by atoms with Crippen molar-refractivity contribution in [3.05, 3.63) is 70.7 Å². The lowest BCUT2D eigenvalue weighted by molar-refractivity contribution is -0.660. The second kappa shape index (κ2) is 6.25. The molecule has 0 saturated heterocycles. The van der Waals surface area contributed by atoms with Crippen molar-refractivity contribution in [1.82, 2.24) is 0 Å². The molecule has 4 rings (SSSR count). The number of rotatable bonds is 2. The summed E-state index contributed by atoms with van der Waals surface area (Å²) >= 11 is 0. The standard InChI is InChI=1S/C24H23N2O/c1-14(2)17-13-16(4)21(20-9-7-8-10-26(20)6)24-22(17)18-11-15(3)12-19(25-5)23(18)27-24/h7-14H,1-4,6H3/q+1. The minimum absolute atomic E-state index is 0.363. The first-order valence-corrected chi connectivity index (χ1v) is 9.25. The maximum atomic E-state index is 7.59. The molecule has 0 aliphatic rings. The maximum absolute atomic E-state index is 7.59. The number of nitrogens with zero attached hydrogens (tertiary/aromatic N) is 2. The van der Waals surface area contributed by atoms with Crippen LogP contribution in [0, 0.1) is 20.4 Å². The number of benzene rings is 2. The normalized spacial score (nSPS) is 11.4. The Morgan fingerprint density at radius 1 is 1.07 bits per heavy atom. The van der Waals surface area contributed by atoms with Gasteiger partial charge in [-0.1, -0.05) is 31.5 Å². The van der Waals surface area contributed by atoms with Crippen molar-refractivity contribution in [2.45, 2.75) is 33.6 Å². The summed E-state index contributed by atoms with van der Waals surface area (Å²) in [4.78, 5) is 3.72. The molecule has 27 heavy (non-hydrogen) atoms. The van der Waals surface area contributed by atoms with Crippen LogP contribution in [0.4, 0.5) is 5.69 Å². The van der Waals surface area contributed by atoms with Crippen LogP contribution in [-0.4, -0.2) is 0 Å². The van der Waals surface area contributed by atoms with Crippen LogP contribution in [0.25, 0.3) is 38.0 Å². The van der Waals surface area contributed by atoms with Gasteiger partial charge in [-0.25, -0.2) is 9.41 Å². The summed E-state index contributed by atoms with van der Waals surface area (Å²) in [7, 11) is 2.05. The van der Waals surface area contributed by atoms with Crippen LogP contribution in [0.1, 0.15) is 36.5 Å². The fourth-order valence-electron chi connectivity index (χ4n) is 3.98. The van der Waals surface area contributed by atoms with Crippen LogP contribution in [0.5, 0.6) is 0 Å². The van der Waals surface area contributed by atoms with Gasteiger partial charge in [0.1, 0.15) is 18.2 Å². The molecule has 3 nitrogen and oxygen atoms in total. The zero-order chi connectivity index (χ0) is 19.3. The topological polar surface area (TPSA) is 21.4 Å². The van der Waals surface area contributed by atoms with Gasteiger partial charge in [-0.15, -0.1) is 0 Å². The van der Waals surface area contributed by atoms with E-state index in [1.54, 1.807) is 0 Å². The molecule has 2 aromatic carbocycles. The van der Waals surface area contributed by atoms with E-state index in [-0.39, 0.29) is 0 Å².